The molecule has 0 spiro atoms. The van der Waals surface area contributed by atoms with Crippen LogP contribution in [-0.4, -0.2) is 29.7 Å². The summed E-state index contributed by atoms with van der Waals surface area (Å²) in [6.45, 7) is 4.60. The lowest BCUT2D eigenvalue weighted by molar-refractivity contribution is 0.187. The number of nitrogens with one attached hydrogen (secondary N) is 1. The summed E-state index contributed by atoms with van der Waals surface area (Å²) in [6.07, 6.45) is 3.51. The van der Waals surface area contributed by atoms with E-state index in [-0.39, 0.29) is 0 Å². The number of nitrogens with zero attached hydrogens (tertiary/aromatic N) is 2. The maximum Gasteiger partial charge on any atom is 0.136 e. The van der Waals surface area contributed by atoms with Gasteiger partial charge in [-0.15, -0.1) is 0 Å². The number of ether oxygens (including phenoxy) is 1. The molecule has 1 aromatic rings. The first-order valence-electron chi connectivity index (χ1n) is 6.69. The van der Waals surface area contributed by atoms with E-state index in [1.54, 1.807) is 0 Å². The molecule has 3 rings (SSSR count). The van der Waals surface area contributed by atoms with Crippen LogP contribution in [0.2, 0.25) is 0 Å². The first kappa shape index (κ1) is 11.7. The minimum Gasteiger partial charge on any atom is -0.383 e. The lowest BCUT2D eigenvalue weighted by Gasteiger charge is -2.14. The molecule has 2 heterocycles. The third-order valence-electron chi connectivity index (χ3n) is 3.73. The largest absolute Gasteiger partial charge is 0.383 e. The lowest BCUT2D eigenvalue weighted by atomic mass is 10.1. The summed E-state index contributed by atoms with van der Waals surface area (Å²) in [5.74, 6) is 3.53. The molecule has 1 atom stereocenters. The van der Waals surface area contributed by atoms with Crippen LogP contribution >= 0.6 is 0 Å². The zero-order valence-electron chi connectivity index (χ0n) is 10.8. The Morgan fingerprint density at radius 3 is 2.83 bits per heavy atom. The molecule has 1 aliphatic carbocycles. The van der Waals surface area contributed by atoms with Crippen LogP contribution in [-0.2, 0) is 4.74 Å². The monoisotopic (exact) mass is 248 g/mol. The van der Waals surface area contributed by atoms with Crippen LogP contribution in [0.4, 0.5) is 11.6 Å². The van der Waals surface area contributed by atoms with Crippen molar-refractivity contribution in [1.29, 1.82) is 0 Å². The fourth-order valence-corrected chi connectivity index (χ4v) is 2.23. The van der Waals surface area contributed by atoms with E-state index < -0.39 is 0 Å². The van der Waals surface area contributed by atoms with Crippen LogP contribution < -0.4 is 11.1 Å². The molecule has 1 aromatic heterocycles. The molecule has 3 N–H and O–H groups in total. The Bertz CT molecular complexity index is 439. The normalized spacial score (nSPS) is 23.3. The van der Waals surface area contributed by atoms with Gasteiger partial charge in [0.15, 0.2) is 0 Å². The van der Waals surface area contributed by atoms with E-state index in [9.17, 15) is 0 Å². The number of anilines is 2. The van der Waals surface area contributed by atoms with Gasteiger partial charge in [-0.3, -0.25) is 0 Å². The summed E-state index contributed by atoms with van der Waals surface area (Å²) in [4.78, 5) is 8.99. The molecule has 2 fully saturated rings. The van der Waals surface area contributed by atoms with Crippen molar-refractivity contribution in [2.24, 2.45) is 5.92 Å². The Labute approximate surface area is 107 Å². The molecular formula is C13H20N4O. The second kappa shape index (κ2) is 4.72. The zero-order chi connectivity index (χ0) is 12.5. The average Bonchev–Trinajstić information content (AvgIpc) is 3.08. The molecule has 1 saturated heterocycles. The fraction of sp³-hybridized carbons (Fsp3) is 0.692. The first-order valence-corrected chi connectivity index (χ1v) is 6.69. The van der Waals surface area contributed by atoms with E-state index in [4.69, 9.17) is 10.5 Å². The molecular weight excluding hydrogens is 228 g/mol. The lowest BCUT2D eigenvalue weighted by Crippen LogP contribution is -2.17. The second-order valence-electron chi connectivity index (χ2n) is 5.33. The minimum atomic E-state index is 0.531. The Morgan fingerprint density at radius 2 is 2.17 bits per heavy atom. The van der Waals surface area contributed by atoms with E-state index in [0.717, 1.165) is 43.4 Å². The van der Waals surface area contributed by atoms with Crippen molar-refractivity contribution in [2.75, 3.05) is 30.8 Å². The van der Waals surface area contributed by atoms with Crippen LogP contribution in [0.1, 0.15) is 36.6 Å². The van der Waals surface area contributed by atoms with Crippen LogP contribution in [0.15, 0.2) is 0 Å². The van der Waals surface area contributed by atoms with Gasteiger partial charge in [0.1, 0.15) is 17.5 Å². The van der Waals surface area contributed by atoms with Gasteiger partial charge < -0.3 is 15.8 Å². The summed E-state index contributed by atoms with van der Waals surface area (Å²) in [6, 6.07) is 0. The number of rotatable bonds is 4. The Hall–Kier alpha value is -1.36. The number of aromatic nitrogens is 2. The zero-order valence-corrected chi connectivity index (χ0v) is 10.8. The highest BCUT2D eigenvalue weighted by Crippen LogP contribution is 2.39. The number of nitrogens with two attached hydrogens (primary N) is 1. The van der Waals surface area contributed by atoms with Crippen LogP contribution in [0, 0.1) is 12.8 Å². The van der Waals surface area contributed by atoms with Gasteiger partial charge in [-0.05, 0) is 26.2 Å². The summed E-state index contributed by atoms with van der Waals surface area (Å²) in [5, 5.41) is 3.41. The average molecular weight is 248 g/mol. The Kier molecular flexibility index (Phi) is 3.07. The van der Waals surface area contributed by atoms with Gasteiger partial charge in [-0.2, -0.15) is 0 Å². The summed E-state index contributed by atoms with van der Waals surface area (Å²) < 4.78 is 5.37. The second-order valence-corrected chi connectivity index (χ2v) is 5.33. The van der Waals surface area contributed by atoms with Gasteiger partial charge in [-0.1, -0.05) is 0 Å². The predicted molar refractivity (Wildman–Crippen MR) is 70.6 cm³/mol. The first-order chi connectivity index (χ1) is 8.74. The SMILES string of the molecule is Cc1c(N)nc(C2CC2)nc1NCC1CCOC1. The van der Waals surface area contributed by atoms with E-state index in [1.807, 2.05) is 6.92 Å². The molecule has 5 nitrogen and oxygen atoms in total. The number of nitrogen functional groups attached to an aromatic ring is 1. The third kappa shape index (κ3) is 2.41. The Morgan fingerprint density at radius 1 is 1.33 bits per heavy atom. The predicted octanol–water partition coefficient (Wildman–Crippen LogP) is 1.69. The van der Waals surface area contributed by atoms with Crippen molar-refractivity contribution in [2.45, 2.75) is 32.1 Å². The molecule has 1 unspecified atom stereocenters. The molecule has 0 aromatic carbocycles. The molecule has 1 saturated carbocycles. The molecule has 1 aliphatic heterocycles. The molecule has 0 bridgehead atoms. The standard InChI is InChI=1S/C13H20N4O/c1-8-11(14)16-13(10-2-3-10)17-12(8)15-6-9-4-5-18-7-9/h9-10H,2-7H2,1H3,(H3,14,15,16,17). The number of hydrogen-bond donors (Lipinski definition) is 2. The molecule has 18 heavy (non-hydrogen) atoms. The summed E-state index contributed by atoms with van der Waals surface area (Å²) in [7, 11) is 0. The van der Waals surface area contributed by atoms with Crippen molar-refractivity contribution in [3.63, 3.8) is 0 Å². The molecule has 5 heteroatoms. The van der Waals surface area contributed by atoms with Gasteiger partial charge in [-0.25, -0.2) is 9.97 Å². The van der Waals surface area contributed by atoms with Gasteiger partial charge >= 0.3 is 0 Å². The highest BCUT2D eigenvalue weighted by Gasteiger charge is 2.28. The summed E-state index contributed by atoms with van der Waals surface area (Å²) >= 11 is 0. The Balaban J connectivity index is 1.72. The molecule has 0 amide bonds. The fourth-order valence-electron chi connectivity index (χ4n) is 2.23. The van der Waals surface area contributed by atoms with E-state index >= 15 is 0 Å². The van der Waals surface area contributed by atoms with E-state index in [2.05, 4.69) is 15.3 Å². The van der Waals surface area contributed by atoms with Gasteiger partial charge in [0.05, 0.1) is 6.61 Å². The quantitative estimate of drug-likeness (QED) is 0.848. The maximum atomic E-state index is 5.95. The smallest absolute Gasteiger partial charge is 0.136 e. The topological polar surface area (TPSA) is 73.1 Å². The molecule has 98 valence electrons. The maximum absolute atomic E-state index is 5.95. The minimum absolute atomic E-state index is 0.531. The highest BCUT2D eigenvalue weighted by atomic mass is 16.5. The van der Waals surface area contributed by atoms with Crippen molar-refractivity contribution < 1.29 is 4.74 Å². The third-order valence-corrected chi connectivity index (χ3v) is 3.73. The highest BCUT2D eigenvalue weighted by molar-refractivity contribution is 5.55. The van der Waals surface area contributed by atoms with Crippen molar-refractivity contribution >= 4 is 11.6 Å². The van der Waals surface area contributed by atoms with Gasteiger partial charge in [0, 0.05) is 30.6 Å². The van der Waals surface area contributed by atoms with E-state index in [1.165, 1.54) is 12.8 Å². The number of hydrogen-bond acceptors (Lipinski definition) is 5. The van der Waals surface area contributed by atoms with Crippen molar-refractivity contribution in [3.8, 4) is 0 Å². The molecule has 2 aliphatic rings. The summed E-state index contributed by atoms with van der Waals surface area (Å²) in [5.41, 5.74) is 6.91. The van der Waals surface area contributed by atoms with E-state index in [0.29, 0.717) is 17.7 Å². The van der Waals surface area contributed by atoms with Gasteiger partial charge in [0.2, 0.25) is 0 Å². The molecule has 0 radical (unpaired) electrons. The van der Waals surface area contributed by atoms with Crippen molar-refractivity contribution in [3.05, 3.63) is 11.4 Å². The van der Waals surface area contributed by atoms with Crippen molar-refractivity contribution in [1.82, 2.24) is 9.97 Å². The van der Waals surface area contributed by atoms with Crippen LogP contribution in [0.3, 0.4) is 0 Å². The van der Waals surface area contributed by atoms with Gasteiger partial charge in [0.25, 0.3) is 0 Å². The van der Waals surface area contributed by atoms with Crippen LogP contribution in [0.25, 0.3) is 0 Å². The van der Waals surface area contributed by atoms with Crippen LogP contribution in [0.5, 0.6) is 0 Å².